The van der Waals surface area contributed by atoms with Gasteiger partial charge in [0.05, 0.1) is 6.61 Å². The SMILES string of the molecule is CC1(C)[C@](C)(O)[C@](C)(O)C(C)(CO)O[C@@]1(C)O. The molecular weight excluding hydrogens is 224 g/mol. The summed E-state index contributed by atoms with van der Waals surface area (Å²) in [5.41, 5.74) is -5.91. The molecule has 0 aromatic rings. The molecule has 102 valence electrons. The molecule has 0 radical (unpaired) electrons. The van der Waals surface area contributed by atoms with Crippen molar-refractivity contribution in [2.24, 2.45) is 5.41 Å². The molecule has 0 saturated carbocycles. The lowest BCUT2D eigenvalue weighted by molar-refractivity contribution is -0.434. The van der Waals surface area contributed by atoms with Crippen LogP contribution in [0.2, 0.25) is 0 Å². The molecule has 5 nitrogen and oxygen atoms in total. The van der Waals surface area contributed by atoms with Crippen molar-refractivity contribution in [2.75, 3.05) is 6.61 Å². The molecule has 1 aliphatic rings. The molecule has 0 aromatic heterocycles. The molecule has 17 heavy (non-hydrogen) atoms. The smallest absolute Gasteiger partial charge is 0.171 e. The second kappa shape index (κ2) is 3.42. The highest BCUT2D eigenvalue weighted by molar-refractivity contribution is 5.18. The van der Waals surface area contributed by atoms with Gasteiger partial charge in [-0.15, -0.1) is 0 Å². The van der Waals surface area contributed by atoms with E-state index in [4.69, 9.17) is 4.74 Å². The lowest BCUT2D eigenvalue weighted by Crippen LogP contribution is -2.80. The van der Waals surface area contributed by atoms with Crippen LogP contribution in [0.25, 0.3) is 0 Å². The fraction of sp³-hybridized carbons (Fsp3) is 1.00. The summed E-state index contributed by atoms with van der Waals surface area (Å²) >= 11 is 0. The van der Waals surface area contributed by atoms with E-state index in [1.165, 1.54) is 27.7 Å². The van der Waals surface area contributed by atoms with Gasteiger partial charge in [0.15, 0.2) is 5.79 Å². The van der Waals surface area contributed by atoms with Crippen molar-refractivity contribution in [3.8, 4) is 0 Å². The molecule has 0 spiro atoms. The van der Waals surface area contributed by atoms with Gasteiger partial charge < -0.3 is 25.2 Å². The van der Waals surface area contributed by atoms with E-state index in [0.29, 0.717) is 0 Å². The molecule has 0 bridgehead atoms. The van der Waals surface area contributed by atoms with Crippen LogP contribution in [0.1, 0.15) is 41.5 Å². The van der Waals surface area contributed by atoms with Gasteiger partial charge in [0.25, 0.3) is 0 Å². The third kappa shape index (κ3) is 1.50. The van der Waals surface area contributed by atoms with Crippen molar-refractivity contribution in [3.05, 3.63) is 0 Å². The average Bonchev–Trinajstić information content (AvgIpc) is 2.14. The largest absolute Gasteiger partial charge is 0.393 e. The standard InChI is InChI=1S/C12H24O5/c1-8(2)10(4,14)11(5,15)9(3,7-13)17-12(8,6)16/h13-16H,7H2,1-6H3/t9?,10-,11+,12+/m0/s1. The quantitative estimate of drug-likeness (QED) is 0.524. The molecular formula is C12H24O5. The molecule has 4 atom stereocenters. The molecule has 1 fully saturated rings. The summed E-state index contributed by atoms with van der Waals surface area (Å²) in [6.07, 6.45) is 0. The Hall–Kier alpha value is -0.200. The lowest BCUT2D eigenvalue weighted by atomic mass is 9.56. The first-order chi connectivity index (χ1) is 7.27. The Morgan fingerprint density at radius 1 is 0.824 bits per heavy atom. The maximum absolute atomic E-state index is 10.6. The van der Waals surface area contributed by atoms with Crippen molar-refractivity contribution in [1.82, 2.24) is 0 Å². The second-order valence-corrected chi connectivity index (χ2v) is 6.24. The first-order valence-corrected chi connectivity index (χ1v) is 5.75. The first-order valence-electron chi connectivity index (χ1n) is 5.75. The van der Waals surface area contributed by atoms with E-state index in [2.05, 4.69) is 0 Å². The molecule has 5 heteroatoms. The third-order valence-electron chi connectivity index (χ3n) is 5.08. The molecule has 0 aliphatic carbocycles. The number of ether oxygens (including phenoxy) is 1. The van der Waals surface area contributed by atoms with Crippen molar-refractivity contribution in [1.29, 1.82) is 0 Å². The van der Waals surface area contributed by atoms with Gasteiger partial charge in [-0.2, -0.15) is 0 Å². The summed E-state index contributed by atoms with van der Waals surface area (Å²) in [4.78, 5) is 0. The summed E-state index contributed by atoms with van der Waals surface area (Å²) in [5, 5.41) is 40.9. The summed E-state index contributed by atoms with van der Waals surface area (Å²) < 4.78 is 5.47. The normalized spacial score (nSPS) is 54.7. The Bertz CT molecular complexity index is 319. The van der Waals surface area contributed by atoms with Gasteiger partial charge in [-0.3, -0.25) is 0 Å². The monoisotopic (exact) mass is 248 g/mol. The van der Waals surface area contributed by atoms with E-state index in [1.807, 2.05) is 0 Å². The van der Waals surface area contributed by atoms with Gasteiger partial charge in [-0.05, 0) is 27.7 Å². The van der Waals surface area contributed by atoms with Crippen molar-refractivity contribution in [3.63, 3.8) is 0 Å². The minimum Gasteiger partial charge on any atom is -0.393 e. The van der Waals surface area contributed by atoms with Crippen molar-refractivity contribution in [2.45, 2.75) is 64.1 Å². The maximum Gasteiger partial charge on any atom is 0.171 e. The van der Waals surface area contributed by atoms with Gasteiger partial charge in [0.2, 0.25) is 0 Å². The molecule has 1 rings (SSSR count). The molecule has 1 saturated heterocycles. The van der Waals surface area contributed by atoms with Crippen LogP contribution < -0.4 is 0 Å². The zero-order valence-corrected chi connectivity index (χ0v) is 11.4. The number of rotatable bonds is 1. The van der Waals surface area contributed by atoms with Crippen LogP contribution in [0.4, 0.5) is 0 Å². The van der Waals surface area contributed by atoms with E-state index in [-0.39, 0.29) is 0 Å². The van der Waals surface area contributed by atoms with E-state index in [9.17, 15) is 20.4 Å². The van der Waals surface area contributed by atoms with Crippen molar-refractivity contribution >= 4 is 0 Å². The van der Waals surface area contributed by atoms with E-state index >= 15 is 0 Å². The Balaban J connectivity index is 3.46. The lowest BCUT2D eigenvalue weighted by Gasteiger charge is -2.65. The van der Waals surface area contributed by atoms with Crippen LogP contribution in [0, 0.1) is 5.41 Å². The van der Waals surface area contributed by atoms with E-state index < -0.39 is 34.6 Å². The Morgan fingerprint density at radius 3 is 1.59 bits per heavy atom. The van der Waals surface area contributed by atoms with Crippen LogP contribution >= 0.6 is 0 Å². The van der Waals surface area contributed by atoms with E-state index in [0.717, 1.165) is 0 Å². The van der Waals surface area contributed by atoms with Gasteiger partial charge in [-0.25, -0.2) is 0 Å². The van der Waals surface area contributed by atoms with Gasteiger partial charge in [0.1, 0.15) is 16.8 Å². The molecule has 0 amide bonds. The highest BCUT2D eigenvalue weighted by Gasteiger charge is 2.71. The van der Waals surface area contributed by atoms with Crippen LogP contribution in [-0.4, -0.2) is 49.6 Å². The summed E-state index contributed by atoms with van der Waals surface area (Å²) in [5.74, 6) is -1.67. The predicted molar refractivity (Wildman–Crippen MR) is 62.2 cm³/mol. The molecule has 1 unspecified atom stereocenters. The molecule has 1 aliphatic heterocycles. The van der Waals surface area contributed by atoms with Crippen LogP contribution in [0.15, 0.2) is 0 Å². The summed E-state index contributed by atoms with van der Waals surface area (Å²) in [6.45, 7) is 8.44. The topological polar surface area (TPSA) is 90.2 Å². The Kier molecular flexibility index (Phi) is 2.99. The van der Waals surface area contributed by atoms with Crippen LogP contribution in [0.5, 0.6) is 0 Å². The highest BCUT2D eigenvalue weighted by Crippen LogP contribution is 2.56. The minimum atomic E-state index is -1.71. The summed E-state index contributed by atoms with van der Waals surface area (Å²) in [7, 11) is 0. The Morgan fingerprint density at radius 2 is 1.24 bits per heavy atom. The number of aliphatic hydroxyl groups is 4. The van der Waals surface area contributed by atoms with Gasteiger partial charge in [-0.1, -0.05) is 13.8 Å². The average molecular weight is 248 g/mol. The second-order valence-electron chi connectivity index (χ2n) is 6.24. The predicted octanol–water partition coefficient (Wildman–Crippen LogP) is 0.00430. The minimum absolute atomic E-state index is 0.512. The molecule has 0 aromatic carbocycles. The first kappa shape index (κ1) is 14.9. The van der Waals surface area contributed by atoms with Crippen molar-refractivity contribution < 1.29 is 25.2 Å². The number of hydrogen-bond acceptors (Lipinski definition) is 5. The zero-order valence-electron chi connectivity index (χ0n) is 11.4. The summed E-state index contributed by atoms with van der Waals surface area (Å²) in [6, 6.07) is 0. The van der Waals surface area contributed by atoms with Gasteiger partial charge >= 0.3 is 0 Å². The maximum atomic E-state index is 10.6. The fourth-order valence-corrected chi connectivity index (χ4v) is 2.43. The van der Waals surface area contributed by atoms with Gasteiger partial charge in [0, 0.05) is 5.41 Å². The zero-order chi connectivity index (χ0) is 13.9. The van der Waals surface area contributed by atoms with E-state index in [1.54, 1.807) is 13.8 Å². The Labute approximate surface area is 102 Å². The number of hydrogen-bond donors (Lipinski definition) is 4. The van der Waals surface area contributed by atoms with Crippen LogP contribution in [0.3, 0.4) is 0 Å². The van der Waals surface area contributed by atoms with Crippen LogP contribution in [-0.2, 0) is 4.74 Å². The highest BCUT2D eigenvalue weighted by atomic mass is 16.7. The number of aliphatic hydroxyl groups excluding tert-OH is 1. The molecule has 4 N–H and O–H groups in total. The molecule has 1 heterocycles. The third-order valence-corrected chi connectivity index (χ3v) is 5.08. The fourth-order valence-electron chi connectivity index (χ4n) is 2.43.